The van der Waals surface area contributed by atoms with E-state index in [1.165, 1.54) is 6.07 Å². The van der Waals surface area contributed by atoms with Crippen molar-refractivity contribution in [1.82, 2.24) is 9.55 Å². The first-order valence-electron chi connectivity index (χ1n) is 4.93. The maximum atomic E-state index is 13.5. The van der Waals surface area contributed by atoms with Crippen molar-refractivity contribution in [1.29, 1.82) is 0 Å². The smallest absolute Gasteiger partial charge is 0.166 e. The van der Waals surface area contributed by atoms with E-state index in [1.807, 2.05) is 6.07 Å². The SMILES string of the molecule is Cn1c(C=O)cc2[nH]c3c(F)cccc3c21. The first-order valence-corrected chi connectivity index (χ1v) is 4.93. The molecular weight excluding hydrogens is 207 g/mol. The van der Waals surface area contributed by atoms with E-state index in [1.54, 1.807) is 23.7 Å². The third kappa shape index (κ3) is 0.984. The van der Waals surface area contributed by atoms with Crippen molar-refractivity contribution >= 4 is 28.2 Å². The summed E-state index contributed by atoms with van der Waals surface area (Å²) in [6, 6.07) is 6.64. The van der Waals surface area contributed by atoms with Crippen molar-refractivity contribution in [3.63, 3.8) is 0 Å². The van der Waals surface area contributed by atoms with Crippen LogP contribution in [0.4, 0.5) is 4.39 Å². The standard InChI is InChI=1S/C12H9FN2O/c1-15-7(6-16)5-10-12(15)8-3-2-4-9(13)11(8)14-10/h2-6,14H,1H3. The first kappa shape index (κ1) is 9.15. The Morgan fingerprint density at radius 2 is 2.25 bits per heavy atom. The lowest BCUT2D eigenvalue weighted by Gasteiger charge is -1.97. The van der Waals surface area contributed by atoms with Gasteiger partial charge in [0.1, 0.15) is 5.82 Å². The van der Waals surface area contributed by atoms with E-state index in [9.17, 15) is 9.18 Å². The molecule has 0 aliphatic heterocycles. The molecule has 16 heavy (non-hydrogen) atoms. The number of carbonyl (C=O) groups excluding carboxylic acids is 1. The molecule has 0 spiro atoms. The Morgan fingerprint density at radius 1 is 1.44 bits per heavy atom. The van der Waals surface area contributed by atoms with Crippen LogP contribution in [0.1, 0.15) is 10.5 Å². The van der Waals surface area contributed by atoms with Crippen LogP contribution >= 0.6 is 0 Å². The van der Waals surface area contributed by atoms with E-state index in [-0.39, 0.29) is 5.82 Å². The predicted molar refractivity (Wildman–Crippen MR) is 60.1 cm³/mol. The summed E-state index contributed by atoms with van der Waals surface area (Å²) in [5.74, 6) is -0.277. The van der Waals surface area contributed by atoms with Crippen LogP contribution in [0.25, 0.3) is 21.9 Å². The summed E-state index contributed by atoms with van der Waals surface area (Å²) in [7, 11) is 1.80. The van der Waals surface area contributed by atoms with Crippen molar-refractivity contribution in [2.24, 2.45) is 7.05 Å². The second-order valence-corrected chi connectivity index (χ2v) is 3.80. The second-order valence-electron chi connectivity index (χ2n) is 3.80. The summed E-state index contributed by atoms with van der Waals surface area (Å²) in [5, 5.41) is 0.797. The molecule has 3 nitrogen and oxygen atoms in total. The molecule has 2 heterocycles. The predicted octanol–water partition coefficient (Wildman–Crippen LogP) is 2.61. The van der Waals surface area contributed by atoms with Crippen LogP contribution in [0.15, 0.2) is 24.3 Å². The molecule has 0 bridgehead atoms. The Labute approximate surface area is 90.5 Å². The molecule has 4 heteroatoms. The zero-order valence-electron chi connectivity index (χ0n) is 8.62. The Kier molecular flexibility index (Phi) is 1.68. The van der Waals surface area contributed by atoms with Crippen LogP contribution in [0.3, 0.4) is 0 Å². The van der Waals surface area contributed by atoms with Crippen LogP contribution in [-0.4, -0.2) is 15.8 Å². The zero-order chi connectivity index (χ0) is 11.3. The molecule has 0 unspecified atom stereocenters. The van der Waals surface area contributed by atoms with E-state index in [4.69, 9.17) is 0 Å². The maximum Gasteiger partial charge on any atom is 0.166 e. The minimum atomic E-state index is -0.277. The highest BCUT2D eigenvalue weighted by Crippen LogP contribution is 2.28. The van der Waals surface area contributed by atoms with Gasteiger partial charge in [-0.3, -0.25) is 4.79 Å². The van der Waals surface area contributed by atoms with Gasteiger partial charge in [0.25, 0.3) is 0 Å². The molecule has 0 saturated heterocycles. The van der Waals surface area contributed by atoms with Gasteiger partial charge < -0.3 is 9.55 Å². The average Bonchev–Trinajstić information content (AvgIpc) is 2.77. The maximum absolute atomic E-state index is 13.5. The molecule has 0 radical (unpaired) electrons. The Balaban J connectivity index is 2.56. The van der Waals surface area contributed by atoms with Crippen molar-refractivity contribution in [2.75, 3.05) is 0 Å². The molecule has 0 saturated carbocycles. The molecule has 0 amide bonds. The minimum absolute atomic E-state index is 0.277. The fourth-order valence-corrected chi connectivity index (χ4v) is 2.14. The number of benzene rings is 1. The average molecular weight is 216 g/mol. The number of nitrogens with zero attached hydrogens (tertiary/aromatic N) is 1. The van der Waals surface area contributed by atoms with Gasteiger partial charge in [0.2, 0.25) is 0 Å². The summed E-state index contributed by atoms with van der Waals surface area (Å²) >= 11 is 0. The van der Waals surface area contributed by atoms with E-state index >= 15 is 0 Å². The molecule has 80 valence electrons. The molecule has 0 atom stereocenters. The number of aromatic nitrogens is 2. The summed E-state index contributed by atoms with van der Waals surface area (Å²) < 4.78 is 15.3. The minimum Gasteiger partial charge on any atom is -0.351 e. The highest BCUT2D eigenvalue weighted by Gasteiger charge is 2.13. The van der Waals surface area contributed by atoms with Gasteiger partial charge in [-0.2, -0.15) is 0 Å². The number of hydrogen-bond acceptors (Lipinski definition) is 1. The first-order chi connectivity index (χ1) is 7.72. The van der Waals surface area contributed by atoms with E-state index in [2.05, 4.69) is 4.98 Å². The molecular formula is C12H9FN2O. The fraction of sp³-hybridized carbons (Fsp3) is 0.0833. The number of H-pyrrole nitrogens is 1. The van der Waals surface area contributed by atoms with Gasteiger partial charge in [-0.05, 0) is 12.1 Å². The second kappa shape index (κ2) is 2.95. The molecule has 0 fully saturated rings. The van der Waals surface area contributed by atoms with Crippen molar-refractivity contribution in [3.8, 4) is 0 Å². The van der Waals surface area contributed by atoms with Crippen molar-refractivity contribution < 1.29 is 9.18 Å². The largest absolute Gasteiger partial charge is 0.351 e. The molecule has 0 aliphatic rings. The van der Waals surface area contributed by atoms with E-state index in [0.717, 1.165) is 22.7 Å². The molecule has 0 aliphatic carbocycles. The van der Waals surface area contributed by atoms with Crippen LogP contribution in [0.2, 0.25) is 0 Å². The Morgan fingerprint density at radius 3 is 3.00 bits per heavy atom. The number of para-hydroxylation sites is 1. The number of aromatic amines is 1. The Hall–Kier alpha value is -2.10. The summed E-state index contributed by atoms with van der Waals surface area (Å²) in [4.78, 5) is 13.8. The number of fused-ring (bicyclic) bond motifs is 3. The van der Waals surface area contributed by atoms with Gasteiger partial charge in [-0.15, -0.1) is 0 Å². The van der Waals surface area contributed by atoms with Gasteiger partial charge in [0.05, 0.1) is 22.2 Å². The zero-order valence-corrected chi connectivity index (χ0v) is 8.62. The lowest BCUT2D eigenvalue weighted by molar-refractivity contribution is 0.111. The highest BCUT2D eigenvalue weighted by atomic mass is 19.1. The summed E-state index contributed by atoms with van der Waals surface area (Å²) in [5.41, 5.74) is 2.70. The highest BCUT2D eigenvalue weighted by molar-refractivity contribution is 6.07. The molecule has 2 aromatic heterocycles. The number of hydrogen-bond donors (Lipinski definition) is 1. The summed E-state index contributed by atoms with van der Waals surface area (Å²) in [6.45, 7) is 0. The van der Waals surface area contributed by atoms with Gasteiger partial charge in [0.15, 0.2) is 6.29 Å². The number of aldehydes is 1. The third-order valence-electron chi connectivity index (χ3n) is 2.92. The molecule has 3 rings (SSSR count). The topological polar surface area (TPSA) is 37.8 Å². The number of aryl methyl sites for hydroxylation is 1. The Bertz CT molecular complexity index is 709. The van der Waals surface area contributed by atoms with Gasteiger partial charge >= 0.3 is 0 Å². The molecule has 3 aromatic rings. The normalized spacial score (nSPS) is 11.4. The van der Waals surface area contributed by atoms with Crippen molar-refractivity contribution in [3.05, 3.63) is 35.8 Å². The van der Waals surface area contributed by atoms with Crippen LogP contribution in [-0.2, 0) is 7.05 Å². The quantitative estimate of drug-likeness (QED) is 0.624. The van der Waals surface area contributed by atoms with Crippen LogP contribution < -0.4 is 0 Å². The number of nitrogens with one attached hydrogen (secondary N) is 1. The molecule has 1 N–H and O–H groups in total. The van der Waals surface area contributed by atoms with E-state index < -0.39 is 0 Å². The lowest BCUT2D eigenvalue weighted by atomic mass is 10.2. The summed E-state index contributed by atoms with van der Waals surface area (Å²) in [6.07, 6.45) is 0.791. The number of carbonyl (C=O) groups is 1. The molecule has 1 aromatic carbocycles. The fourth-order valence-electron chi connectivity index (χ4n) is 2.14. The lowest BCUT2D eigenvalue weighted by Crippen LogP contribution is -1.93. The van der Waals surface area contributed by atoms with Gasteiger partial charge in [-0.25, -0.2) is 4.39 Å². The van der Waals surface area contributed by atoms with E-state index in [0.29, 0.717) is 11.2 Å². The monoisotopic (exact) mass is 216 g/mol. The van der Waals surface area contributed by atoms with Gasteiger partial charge in [-0.1, -0.05) is 12.1 Å². The number of halogens is 1. The van der Waals surface area contributed by atoms with Crippen LogP contribution in [0, 0.1) is 5.82 Å². The van der Waals surface area contributed by atoms with Crippen LogP contribution in [0.5, 0.6) is 0 Å². The van der Waals surface area contributed by atoms with Crippen molar-refractivity contribution in [2.45, 2.75) is 0 Å². The van der Waals surface area contributed by atoms with Gasteiger partial charge in [0, 0.05) is 12.4 Å². The number of rotatable bonds is 1. The third-order valence-corrected chi connectivity index (χ3v) is 2.92.